The van der Waals surface area contributed by atoms with Crippen LogP contribution in [0.1, 0.15) is 15.5 Å². The van der Waals surface area contributed by atoms with E-state index < -0.39 is 10.8 Å². The summed E-state index contributed by atoms with van der Waals surface area (Å²) in [6, 6.07) is 4.02. The van der Waals surface area contributed by atoms with Crippen LogP contribution in [0, 0.1) is 10.1 Å². The number of thiazole rings is 1. The van der Waals surface area contributed by atoms with Crippen LogP contribution in [0.2, 0.25) is 5.02 Å². The van der Waals surface area contributed by atoms with Gasteiger partial charge in [-0.3, -0.25) is 14.9 Å². The standard InChI is InChI=1S/C12H11ClN4O3S/c13-7-1-2-8(10(5-7)17(19)20)16-12(18)9-6-21-11(15-9)3-4-14/h1-2,5-6H,3-4,14H2,(H,16,18). The van der Waals surface area contributed by atoms with Crippen LogP contribution >= 0.6 is 22.9 Å². The number of hydrogen-bond donors (Lipinski definition) is 2. The number of benzene rings is 1. The topological polar surface area (TPSA) is 111 Å². The third-order valence-electron chi connectivity index (χ3n) is 2.55. The summed E-state index contributed by atoms with van der Waals surface area (Å²) in [6.45, 7) is 0.442. The summed E-state index contributed by atoms with van der Waals surface area (Å²) in [5.41, 5.74) is 5.42. The van der Waals surface area contributed by atoms with Crippen LogP contribution in [0.25, 0.3) is 0 Å². The minimum atomic E-state index is -0.609. The highest BCUT2D eigenvalue weighted by atomic mass is 35.5. The minimum Gasteiger partial charge on any atom is -0.330 e. The third kappa shape index (κ3) is 3.75. The van der Waals surface area contributed by atoms with E-state index in [-0.39, 0.29) is 22.1 Å². The van der Waals surface area contributed by atoms with Crippen molar-refractivity contribution in [2.24, 2.45) is 5.73 Å². The number of carbonyl (C=O) groups excluding carboxylic acids is 1. The molecule has 0 aliphatic rings. The maximum Gasteiger partial charge on any atom is 0.294 e. The van der Waals surface area contributed by atoms with Gasteiger partial charge in [0.1, 0.15) is 11.4 Å². The summed E-state index contributed by atoms with van der Waals surface area (Å²) in [5, 5.41) is 16.0. The second-order valence-electron chi connectivity index (χ2n) is 4.04. The molecule has 2 aromatic rings. The summed E-state index contributed by atoms with van der Waals surface area (Å²) in [5.74, 6) is -0.514. The molecule has 21 heavy (non-hydrogen) atoms. The molecule has 1 amide bonds. The number of hydrogen-bond acceptors (Lipinski definition) is 6. The number of nitro benzene ring substituents is 1. The van der Waals surface area contributed by atoms with E-state index in [2.05, 4.69) is 10.3 Å². The molecule has 0 atom stereocenters. The van der Waals surface area contributed by atoms with Gasteiger partial charge in [-0.15, -0.1) is 11.3 Å². The molecule has 0 unspecified atom stereocenters. The lowest BCUT2D eigenvalue weighted by molar-refractivity contribution is -0.383. The van der Waals surface area contributed by atoms with Gasteiger partial charge in [0.05, 0.1) is 9.93 Å². The molecule has 0 spiro atoms. The Morgan fingerprint density at radius 3 is 2.95 bits per heavy atom. The Bertz CT molecular complexity index is 689. The first-order valence-electron chi connectivity index (χ1n) is 5.91. The van der Waals surface area contributed by atoms with Gasteiger partial charge in [0, 0.05) is 22.9 Å². The molecule has 1 heterocycles. The number of halogens is 1. The first-order chi connectivity index (χ1) is 10.0. The van der Waals surface area contributed by atoms with Crippen molar-refractivity contribution in [2.45, 2.75) is 6.42 Å². The first-order valence-corrected chi connectivity index (χ1v) is 7.17. The quantitative estimate of drug-likeness (QED) is 0.647. The van der Waals surface area contributed by atoms with Crippen molar-refractivity contribution in [3.05, 3.63) is 49.4 Å². The minimum absolute atomic E-state index is 0.0720. The van der Waals surface area contributed by atoms with Gasteiger partial charge in [-0.2, -0.15) is 0 Å². The van der Waals surface area contributed by atoms with E-state index >= 15 is 0 Å². The molecule has 9 heteroatoms. The molecule has 3 N–H and O–H groups in total. The van der Waals surface area contributed by atoms with Crippen molar-refractivity contribution in [2.75, 3.05) is 11.9 Å². The van der Waals surface area contributed by atoms with E-state index in [1.165, 1.54) is 29.5 Å². The predicted octanol–water partition coefficient (Wildman–Crippen LogP) is 2.46. The van der Waals surface area contributed by atoms with E-state index in [4.69, 9.17) is 17.3 Å². The third-order valence-corrected chi connectivity index (χ3v) is 3.69. The zero-order valence-corrected chi connectivity index (χ0v) is 12.3. The van der Waals surface area contributed by atoms with Crippen molar-refractivity contribution < 1.29 is 9.72 Å². The number of nitro groups is 1. The molecule has 0 saturated carbocycles. The van der Waals surface area contributed by atoms with Gasteiger partial charge in [0.15, 0.2) is 0 Å². The Labute approximate surface area is 128 Å². The van der Waals surface area contributed by atoms with Gasteiger partial charge in [-0.05, 0) is 18.7 Å². The highest BCUT2D eigenvalue weighted by Crippen LogP contribution is 2.28. The smallest absolute Gasteiger partial charge is 0.294 e. The maximum atomic E-state index is 12.0. The second kappa shape index (κ2) is 6.61. The van der Waals surface area contributed by atoms with Crippen molar-refractivity contribution >= 4 is 40.2 Å². The van der Waals surface area contributed by atoms with E-state index in [1.807, 2.05) is 0 Å². The van der Waals surface area contributed by atoms with Crippen LogP contribution in [0.4, 0.5) is 11.4 Å². The lowest BCUT2D eigenvalue weighted by Crippen LogP contribution is -2.14. The van der Waals surface area contributed by atoms with E-state index in [0.29, 0.717) is 13.0 Å². The predicted molar refractivity (Wildman–Crippen MR) is 80.9 cm³/mol. The molecule has 0 aliphatic carbocycles. The molecule has 7 nitrogen and oxygen atoms in total. The SMILES string of the molecule is NCCc1nc(C(=O)Nc2ccc(Cl)cc2[N+](=O)[O-])cs1. The Morgan fingerprint density at radius 1 is 1.52 bits per heavy atom. The molecule has 110 valence electrons. The fourth-order valence-electron chi connectivity index (χ4n) is 1.60. The van der Waals surface area contributed by atoms with Crippen LogP contribution in [0.3, 0.4) is 0 Å². The van der Waals surface area contributed by atoms with Crippen molar-refractivity contribution in [1.29, 1.82) is 0 Å². The first kappa shape index (κ1) is 15.4. The van der Waals surface area contributed by atoms with Crippen LogP contribution in [-0.4, -0.2) is 22.4 Å². The Hall–Kier alpha value is -2.03. The molecule has 1 aromatic heterocycles. The molecule has 1 aromatic carbocycles. The summed E-state index contributed by atoms with van der Waals surface area (Å²) < 4.78 is 0. The Morgan fingerprint density at radius 2 is 2.29 bits per heavy atom. The Balaban J connectivity index is 2.20. The van der Waals surface area contributed by atoms with Crippen LogP contribution < -0.4 is 11.1 Å². The van der Waals surface area contributed by atoms with Crippen molar-refractivity contribution in [3.8, 4) is 0 Å². The summed E-state index contributed by atoms with van der Waals surface area (Å²) in [4.78, 5) is 26.5. The maximum absolute atomic E-state index is 12.0. The number of carbonyl (C=O) groups is 1. The number of aromatic nitrogens is 1. The van der Waals surface area contributed by atoms with E-state index in [9.17, 15) is 14.9 Å². The van der Waals surface area contributed by atoms with Gasteiger partial charge in [-0.1, -0.05) is 11.6 Å². The number of amides is 1. The number of nitrogens with one attached hydrogen (secondary N) is 1. The monoisotopic (exact) mass is 326 g/mol. The fourth-order valence-corrected chi connectivity index (χ4v) is 2.56. The van der Waals surface area contributed by atoms with Crippen molar-refractivity contribution in [1.82, 2.24) is 4.98 Å². The molecular formula is C12H11ClN4O3S. The van der Waals surface area contributed by atoms with Gasteiger partial charge < -0.3 is 11.1 Å². The zero-order valence-electron chi connectivity index (χ0n) is 10.7. The zero-order chi connectivity index (χ0) is 15.4. The number of nitrogens with zero attached hydrogens (tertiary/aromatic N) is 2. The molecule has 0 saturated heterocycles. The number of rotatable bonds is 5. The lowest BCUT2D eigenvalue weighted by Gasteiger charge is -2.04. The van der Waals surface area contributed by atoms with Crippen LogP contribution in [0.5, 0.6) is 0 Å². The van der Waals surface area contributed by atoms with Gasteiger partial charge in [0.25, 0.3) is 11.6 Å². The molecule has 2 rings (SSSR count). The Kier molecular flexibility index (Phi) is 4.84. The fraction of sp³-hybridized carbons (Fsp3) is 0.167. The average Bonchev–Trinajstić information content (AvgIpc) is 2.89. The summed E-state index contributed by atoms with van der Waals surface area (Å²) >= 11 is 7.03. The molecule has 0 radical (unpaired) electrons. The summed E-state index contributed by atoms with van der Waals surface area (Å²) in [7, 11) is 0. The molecular weight excluding hydrogens is 316 g/mol. The van der Waals surface area contributed by atoms with Crippen LogP contribution in [-0.2, 0) is 6.42 Å². The van der Waals surface area contributed by atoms with E-state index in [0.717, 1.165) is 5.01 Å². The summed E-state index contributed by atoms with van der Waals surface area (Å²) in [6.07, 6.45) is 0.582. The van der Waals surface area contributed by atoms with E-state index in [1.54, 1.807) is 5.38 Å². The normalized spacial score (nSPS) is 10.4. The van der Waals surface area contributed by atoms with Crippen LogP contribution in [0.15, 0.2) is 23.6 Å². The highest BCUT2D eigenvalue weighted by Gasteiger charge is 2.18. The molecule has 0 bridgehead atoms. The van der Waals surface area contributed by atoms with Gasteiger partial charge >= 0.3 is 0 Å². The van der Waals surface area contributed by atoms with Crippen molar-refractivity contribution in [3.63, 3.8) is 0 Å². The molecule has 0 fully saturated rings. The number of nitrogens with two attached hydrogens (primary N) is 1. The second-order valence-corrected chi connectivity index (χ2v) is 5.42. The largest absolute Gasteiger partial charge is 0.330 e. The van der Waals surface area contributed by atoms with Gasteiger partial charge in [-0.25, -0.2) is 4.98 Å². The molecule has 0 aliphatic heterocycles. The van der Waals surface area contributed by atoms with Gasteiger partial charge in [0.2, 0.25) is 0 Å². The lowest BCUT2D eigenvalue weighted by atomic mass is 10.2. The highest BCUT2D eigenvalue weighted by molar-refractivity contribution is 7.09. The number of anilines is 1. The average molecular weight is 327 g/mol.